The summed E-state index contributed by atoms with van der Waals surface area (Å²) >= 11 is 0. The fourth-order valence-electron chi connectivity index (χ4n) is 1.32. The zero-order valence-corrected chi connectivity index (χ0v) is 8.57. The number of hydrogen-bond donors (Lipinski definition) is 0. The molecule has 1 aromatic heterocycles. The molecule has 4 nitrogen and oxygen atoms in total. The number of benzene rings is 1. The fraction of sp³-hybridized carbons (Fsp3) is 0.182. The first-order valence-electron chi connectivity index (χ1n) is 4.77. The average Bonchev–Trinajstić information content (AvgIpc) is 2.77. The van der Waals surface area contributed by atoms with E-state index < -0.39 is 5.82 Å². The van der Waals surface area contributed by atoms with Crippen LogP contribution in [-0.2, 0) is 6.42 Å². The molecule has 0 radical (unpaired) electrons. The van der Waals surface area contributed by atoms with Crippen LogP contribution in [0.1, 0.15) is 18.3 Å². The van der Waals surface area contributed by atoms with E-state index in [1.165, 1.54) is 12.1 Å². The van der Waals surface area contributed by atoms with Gasteiger partial charge in [0.15, 0.2) is 5.82 Å². The van der Waals surface area contributed by atoms with Gasteiger partial charge in [-0.25, -0.2) is 4.39 Å². The molecule has 0 aliphatic rings. The summed E-state index contributed by atoms with van der Waals surface area (Å²) in [5, 5.41) is 12.5. The van der Waals surface area contributed by atoms with Crippen LogP contribution in [0.3, 0.4) is 0 Å². The molecule has 2 aromatic rings. The largest absolute Gasteiger partial charge is 0.334 e. The van der Waals surface area contributed by atoms with Crippen molar-refractivity contribution in [3.8, 4) is 17.5 Å². The van der Waals surface area contributed by atoms with E-state index in [0.717, 1.165) is 0 Å². The Morgan fingerprint density at radius 2 is 2.31 bits per heavy atom. The van der Waals surface area contributed by atoms with Crippen LogP contribution in [0, 0.1) is 17.1 Å². The zero-order chi connectivity index (χ0) is 11.5. The predicted molar refractivity (Wildman–Crippen MR) is 53.8 cm³/mol. The monoisotopic (exact) mass is 217 g/mol. The van der Waals surface area contributed by atoms with E-state index in [9.17, 15) is 4.39 Å². The number of rotatable bonds is 2. The lowest BCUT2D eigenvalue weighted by molar-refractivity contribution is 0.423. The van der Waals surface area contributed by atoms with Crippen molar-refractivity contribution in [3.63, 3.8) is 0 Å². The molecule has 0 unspecified atom stereocenters. The van der Waals surface area contributed by atoms with Crippen molar-refractivity contribution >= 4 is 0 Å². The van der Waals surface area contributed by atoms with Crippen molar-refractivity contribution in [2.75, 3.05) is 0 Å². The Kier molecular flexibility index (Phi) is 2.64. The van der Waals surface area contributed by atoms with Crippen LogP contribution in [0.2, 0.25) is 0 Å². The van der Waals surface area contributed by atoms with Gasteiger partial charge in [0.2, 0.25) is 0 Å². The summed E-state index contributed by atoms with van der Waals surface area (Å²) in [6.45, 7) is 1.88. The van der Waals surface area contributed by atoms with E-state index in [1.54, 1.807) is 12.1 Å². The maximum atomic E-state index is 13.3. The first kappa shape index (κ1) is 10.3. The van der Waals surface area contributed by atoms with Gasteiger partial charge in [0.1, 0.15) is 17.4 Å². The first-order chi connectivity index (χ1) is 7.76. The topological polar surface area (TPSA) is 62.7 Å². The van der Waals surface area contributed by atoms with E-state index in [4.69, 9.17) is 9.78 Å². The summed E-state index contributed by atoms with van der Waals surface area (Å²) in [6.07, 6.45) is 0.626. The third-order valence-electron chi connectivity index (χ3n) is 2.14. The van der Waals surface area contributed by atoms with Gasteiger partial charge in [-0.1, -0.05) is 18.1 Å². The summed E-state index contributed by atoms with van der Waals surface area (Å²) in [7, 11) is 0. The van der Waals surface area contributed by atoms with Crippen molar-refractivity contribution < 1.29 is 8.91 Å². The van der Waals surface area contributed by atoms with E-state index in [2.05, 4.69) is 10.1 Å². The number of aryl methyl sites for hydroxylation is 1. The lowest BCUT2D eigenvalue weighted by Gasteiger charge is -1.98. The molecular weight excluding hydrogens is 209 g/mol. The smallest absolute Gasteiger partial charge is 0.259 e. The molecule has 0 aliphatic carbocycles. The van der Waals surface area contributed by atoms with Gasteiger partial charge >= 0.3 is 0 Å². The minimum absolute atomic E-state index is 0.0752. The second kappa shape index (κ2) is 4.11. The van der Waals surface area contributed by atoms with Gasteiger partial charge in [0.05, 0.1) is 5.56 Å². The van der Waals surface area contributed by atoms with Gasteiger partial charge in [-0.2, -0.15) is 10.2 Å². The normalized spacial score (nSPS) is 10.1. The van der Waals surface area contributed by atoms with Crippen LogP contribution in [0.15, 0.2) is 22.7 Å². The van der Waals surface area contributed by atoms with Gasteiger partial charge in [-0.15, -0.1) is 0 Å². The molecule has 80 valence electrons. The minimum Gasteiger partial charge on any atom is -0.334 e. The Morgan fingerprint density at radius 1 is 1.50 bits per heavy atom. The quantitative estimate of drug-likeness (QED) is 0.774. The molecule has 1 aromatic carbocycles. The van der Waals surface area contributed by atoms with Crippen LogP contribution in [-0.4, -0.2) is 10.1 Å². The molecule has 5 heteroatoms. The molecule has 0 saturated carbocycles. The van der Waals surface area contributed by atoms with Crippen molar-refractivity contribution in [1.29, 1.82) is 5.26 Å². The molecule has 0 spiro atoms. The van der Waals surface area contributed by atoms with Crippen molar-refractivity contribution in [3.05, 3.63) is 35.4 Å². The lowest BCUT2D eigenvalue weighted by Crippen LogP contribution is -1.89. The highest BCUT2D eigenvalue weighted by molar-refractivity contribution is 5.63. The van der Waals surface area contributed by atoms with E-state index in [-0.39, 0.29) is 11.5 Å². The maximum absolute atomic E-state index is 13.3. The van der Waals surface area contributed by atoms with E-state index in [1.807, 2.05) is 6.92 Å². The van der Waals surface area contributed by atoms with E-state index >= 15 is 0 Å². The molecule has 0 saturated heterocycles. The highest BCUT2D eigenvalue weighted by Crippen LogP contribution is 2.23. The van der Waals surface area contributed by atoms with Crippen LogP contribution >= 0.6 is 0 Å². The van der Waals surface area contributed by atoms with Gasteiger partial charge in [-0.05, 0) is 12.1 Å². The molecular formula is C11H8FN3O. The molecule has 0 atom stereocenters. The van der Waals surface area contributed by atoms with Gasteiger partial charge in [0.25, 0.3) is 5.89 Å². The first-order valence-corrected chi connectivity index (χ1v) is 4.77. The molecule has 0 fully saturated rings. The highest BCUT2D eigenvalue weighted by Gasteiger charge is 2.15. The van der Waals surface area contributed by atoms with Crippen LogP contribution < -0.4 is 0 Å². The lowest BCUT2D eigenvalue weighted by atomic mass is 10.1. The Balaban J connectivity index is 2.56. The van der Waals surface area contributed by atoms with Crippen molar-refractivity contribution in [1.82, 2.24) is 10.1 Å². The summed E-state index contributed by atoms with van der Waals surface area (Å²) < 4.78 is 18.3. The zero-order valence-electron chi connectivity index (χ0n) is 8.57. The molecule has 16 heavy (non-hydrogen) atoms. The second-order valence-corrected chi connectivity index (χ2v) is 3.14. The maximum Gasteiger partial charge on any atom is 0.259 e. The molecule has 0 bridgehead atoms. The Bertz CT molecular complexity index is 557. The van der Waals surface area contributed by atoms with Gasteiger partial charge < -0.3 is 4.52 Å². The second-order valence-electron chi connectivity index (χ2n) is 3.14. The molecule has 0 amide bonds. The van der Waals surface area contributed by atoms with E-state index in [0.29, 0.717) is 17.8 Å². The van der Waals surface area contributed by atoms with Crippen molar-refractivity contribution in [2.45, 2.75) is 13.3 Å². The Hall–Kier alpha value is -2.22. The summed E-state index contributed by atoms with van der Waals surface area (Å²) in [5.41, 5.74) is 0.253. The summed E-state index contributed by atoms with van der Waals surface area (Å²) in [5.74, 6) is 0.118. The molecule has 0 N–H and O–H groups in total. The summed E-state index contributed by atoms with van der Waals surface area (Å²) in [4.78, 5) is 4.05. The third kappa shape index (κ3) is 1.65. The van der Waals surface area contributed by atoms with Crippen LogP contribution in [0.5, 0.6) is 0 Å². The Morgan fingerprint density at radius 3 is 2.94 bits per heavy atom. The number of hydrogen-bond acceptors (Lipinski definition) is 4. The van der Waals surface area contributed by atoms with Gasteiger partial charge in [-0.3, -0.25) is 0 Å². The minimum atomic E-state index is -0.587. The molecule has 1 heterocycles. The fourth-order valence-corrected chi connectivity index (χ4v) is 1.32. The SMILES string of the molecule is CCc1noc(-c2cccc(F)c2C#N)n1. The predicted octanol–water partition coefficient (Wildman–Crippen LogP) is 2.31. The molecule has 0 aliphatic heterocycles. The summed E-state index contributed by atoms with van der Waals surface area (Å²) in [6, 6.07) is 6.09. The van der Waals surface area contributed by atoms with Crippen molar-refractivity contribution in [2.24, 2.45) is 0 Å². The van der Waals surface area contributed by atoms with Crippen LogP contribution in [0.4, 0.5) is 4.39 Å². The van der Waals surface area contributed by atoms with Gasteiger partial charge in [0, 0.05) is 6.42 Å². The number of nitrogens with zero attached hydrogens (tertiary/aromatic N) is 3. The van der Waals surface area contributed by atoms with Crippen LogP contribution in [0.25, 0.3) is 11.5 Å². The number of halogens is 1. The standard InChI is InChI=1S/C11H8FN3O/c1-2-10-14-11(16-15-10)7-4-3-5-9(12)8(7)6-13/h3-5H,2H2,1H3. The highest BCUT2D eigenvalue weighted by atomic mass is 19.1. The number of aromatic nitrogens is 2. The number of nitriles is 1. The molecule has 2 rings (SSSR count). The Labute approximate surface area is 91.3 Å². The third-order valence-corrected chi connectivity index (χ3v) is 2.14. The average molecular weight is 217 g/mol.